The number of carbonyl (C=O) groups excluding carboxylic acids is 1. The predicted octanol–water partition coefficient (Wildman–Crippen LogP) is 1.97. The van der Waals surface area contributed by atoms with Gasteiger partial charge in [0.25, 0.3) is 0 Å². The second-order valence-corrected chi connectivity index (χ2v) is 6.04. The maximum atomic E-state index is 13.0. The van der Waals surface area contributed by atoms with Crippen LogP contribution in [0.4, 0.5) is 0 Å². The van der Waals surface area contributed by atoms with Crippen molar-refractivity contribution in [2.75, 3.05) is 26.2 Å². The van der Waals surface area contributed by atoms with Gasteiger partial charge in [-0.3, -0.25) is 4.79 Å². The van der Waals surface area contributed by atoms with Crippen molar-refractivity contribution < 1.29 is 9.53 Å². The lowest BCUT2D eigenvalue weighted by atomic mass is 9.88. The molecule has 2 fully saturated rings. The van der Waals surface area contributed by atoms with Crippen molar-refractivity contribution >= 4 is 5.91 Å². The molecule has 1 aromatic carbocycles. The third-order valence-corrected chi connectivity index (χ3v) is 4.55. The number of amides is 1. The lowest BCUT2D eigenvalue weighted by Crippen LogP contribution is -2.54. The van der Waals surface area contributed by atoms with Crippen LogP contribution in [0.2, 0.25) is 0 Å². The molecule has 2 unspecified atom stereocenters. The van der Waals surface area contributed by atoms with Crippen LogP contribution < -0.4 is 5.32 Å². The maximum absolute atomic E-state index is 13.0. The van der Waals surface area contributed by atoms with Crippen molar-refractivity contribution in [2.24, 2.45) is 5.92 Å². The van der Waals surface area contributed by atoms with Gasteiger partial charge in [-0.15, -0.1) is 0 Å². The highest BCUT2D eigenvalue weighted by Crippen LogP contribution is 2.35. The molecule has 1 N–H and O–H groups in total. The van der Waals surface area contributed by atoms with Gasteiger partial charge < -0.3 is 15.0 Å². The fraction of sp³-hybridized carbons (Fsp3) is 0.588. The van der Waals surface area contributed by atoms with Gasteiger partial charge in [-0.2, -0.15) is 0 Å². The summed E-state index contributed by atoms with van der Waals surface area (Å²) in [5.41, 5.74) is 1.12. The Kier molecular flexibility index (Phi) is 4.56. The first-order valence-corrected chi connectivity index (χ1v) is 7.95. The van der Waals surface area contributed by atoms with Gasteiger partial charge in [-0.05, 0) is 25.3 Å². The second kappa shape index (κ2) is 6.58. The van der Waals surface area contributed by atoms with Crippen LogP contribution in [0, 0.1) is 5.92 Å². The van der Waals surface area contributed by atoms with Crippen molar-refractivity contribution in [2.45, 2.75) is 31.9 Å². The first kappa shape index (κ1) is 14.5. The van der Waals surface area contributed by atoms with Gasteiger partial charge in [0.15, 0.2) is 0 Å². The van der Waals surface area contributed by atoms with Crippen molar-refractivity contribution in [3.8, 4) is 0 Å². The lowest BCUT2D eigenvalue weighted by Gasteiger charge is -2.39. The molecule has 4 heteroatoms. The fourth-order valence-electron chi connectivity index (χ4n) is 3.39. The predicted molar refractivity (Wildman–Crippen MR) is 81.9 cm³/mol. The van der Waals surface area contributed by atoms with E-state index in [0.717, 1.165) is 44.6 Å². The number of hydrogen-bond acceptors (Lipinski definition) is 3. The number of carbonyl (C=O) groups is 1. The van der Waals surface area contributed by atoms with E-state index in [0.29, 0.717) is 0 Å². The Morgan fingerprint density at radius 3 is 2.90 bits per heavy atom. The van der Waals surface area contributed by atoms with Crippen LogP contribution in [-0.2, 0) is 9.53 Å². The number of rotatable bonds is 2. The van der Waals surface area contributed by atoms with E-state index >= 15 is 0 Å². The Morgan fingerprint density at radius 1 is 1.33 bits per heavy atom. The van der Waals surface area contributed by atoms with E-state index in [1.54, 1.807) is 0 Å². The number of benzene rings is 1. The summed E-state index contributed by atoms with van der Waals surface area (Å²) in [6.07, 6.45) is 1.81. The highest BCUT2D eigenvalue weighted by atomic mass is 16.5. The third-order valence-electron chi connectivity index (χ3n) is 4.55. The molecule has 0 radical (unpaired) electrons. The zero-order valence-corrected chi connectivity index (χ0v) is 12.6. The van der Waals surface area contributed by atoms with Crippen LogP contribution in [0.25, 0.3) is 0 Å². The molecule has 1 amide bonds. The summed E-state index contributed by atoms with van der Waals surface area (Å²) in [6.45, 7) is 5.44. The molecule has 0 saturated carbocycles. The second-order valence-electron chi connectivity index (χ2n) is 6.04. The van der Waals surface area contributed by atoms with Crippen LogP contribution in [-0.4, -0.2) is 43.1 Å². The molecular formula is C17H24N2O2. The summed E-state index contributed by atoms with van der Waals surface area (Å²) < 4.78 is 5.96. The number of piperazine rings is 1. The molecule has 2 heterocycles. The van der Waals surface area contributed by atoms with Crippen molar-refractivity contribution in [3.63, 3.8) is 0 Å². The highest BCUT2D eigenvalue weighted by molar-refractivity contribution is 5.80. The first-order valence-electron chi connectivity index (χ1n) is 7.95. The number of nitrogens with one attached hydrogen (secondary N) is 1. The minimum Gasteiger partial charge on any atom is -0.373 e. The van der Waals surface area contributed by atoms with Gasteiger partial charge in [0.2, 0.25) is 5.91 Å². The normalized spacial score (nSPS) is 30.1. The van der Waals surface area contributed by atoms with E-state index in [4.69, 9.17) is 4.74 Å². The summed E-state index contributed by atoms with van der Waals surface area (Å²) >= 11 is 0. The van der Waals surface area contributed by atoms with E-state index in [1.807, 2.05) is 23.1 Å². The minimum atomic E-state index is -0.0884. The monoisotopic (exact) mass is 288 g/mol. The Balaban J connectivity index is 1.79. The smallest absolute Gasteiger partial charge is 0.228 e. The van der Waals surface area contributed by atoms with Crippen LogP contribution in [0.5, 0.6) is 0 Å². The minimum absolute atomic E-state index is 0.0401. The zero-order chi connectivity index (χ0) is 14.7. The van der Waals surface area contributed by atoms with E-state index in [-0.39, 0.29) is 24.0 Å². The zero-order valence-electron chi connectivity index (χ0n) is 12.6. The average molecular weight is 288 g/mol. The van der Waals surface area contributed by atoms with Crippen molar-refractivity contribution in [1.29, 1.82) is 0 Å². The summed E-state index contributed by atoms with van der Waals surface area (Å²) in [4.78, 5) is 15.0. The Labute approximate surface area is 126 Å². The Bertz CT molecular complexity index is 477. The SMILES string of the molecule is C[C@@H]1CNCCN1C(=O)C1CCCOC1c1ccccc1. The quantitative estimate of drug-likeness (QED) is 0.904. The maximum Gasteiger partial charge on any atom is 0.228 e. The molecule has 0 aliphatic carbocycles. The van der Waals surface area contributed by atoms with Crippen molar-refractivity contribution in [3.05, 3.63) is 35.9 Å². The Morgan fingerprint density at radius 2 is 2.14 bits per heavy atom. The molecule has 2 aliphatic heterocycles. The molecule has 3 atom stereocenters. The first-order chi connectivity index (χ1) is 10.3. The Hall–Kier alpha value is -1.39. The van der Waals surface area contributed by atoms with E-state index in [2.05, 4.69) is 24.4 Å². The van der Waals surface area contributed by atoms with Crippen LogP contribution in [0.3, 0.4) is 0 Å². The third kappa shape index (κ3) is 3.11. The van der Waals surface area contributed by atoms with E-state index in [9.17, 15) is 4.79 Å². The molecule has 4 nitrogen and oxygen atoms in total. The van der Waals surface area contributed by atoms with Crippen LogP contribution in [0.15, 0.2) is 30.3 Å². The van der Waals surface area contributed by atoms with Gasteiger partial charge in [0, 0.05) is 32.3 Å². The number of nitrogens with zero attached hydrogens (tertiary/aromatic N) is 1. The lowest BCUT2D eigenvalue weighted by molar-refractivity contribution is -0.148. The van der Waals surface area contributed by atoms with Crippen LogP contribution >= 0.6 is 0 Å². The molecule has 2 saturated heterocycles. The standard InChI is InChI=1S/C17H24N2O2/c1-13-12-18-9-10-19(13)17(20)15-8-5-11-21-16(15)14-6-3-2-4-7-14/h2-4,6-7,13,15-16,18H,5,8-12H2,1H3/t13-,15?,16?/m1/s1. The summed E-state index contributed by atoms with van der Waals surface area (Å²) in [7, 11) is 0. The summed E-state index contributed by atoms with van der Waals surface area (Å²) in [6, 6.07) is 10.4. The van der Waals surface area contributed by atoms with Crippen molar-refractivity contribution in [1.82, 2.24) is 10.2 Å². The van der Waals surface area contributed by atoms with Gasteiger partial charge in [0.1, 0.15) is 0 Å². The largest absolute Gasteiger partial charge is 0.373 e. The molecule has 0 spiro atoms. The van der Waals surface area contributed by atoms with Gasteiger partial charge in [0.05, 0.1) is 12.0 Å². The molecule has 1 aromatic rings. The topological polar surface area (TPSA) is 41.6 Å². The average Bonchev–Trinajstić information content (AvgIpc) is 2.55. The van der Waals surface area contributed by atoms with E-state index in [1.165, 1.54) is 0 Å². The summed E-state index contributed by atoms with van der Waals surface area (Å²) in [5.74, 6) is 0.222. The molecule has 0 aromatic heterocycles. The molecule has 0 bridgehead atoms. The van der Waals surface area contributed by atoms with E-state index < -0.39 is 0 Å². The van der Waals surface area contributed by atoms with Gasteiger partial charge in [-0.1, -0.05) is 30.3 Å². The molecular weight excluding hydrogens is 264 g/mol. The number of ether oxygens (including phenoxy) is 1. The molecule has 3 rings (SSSR count). The molecule has 2 aliphatic rings. The molecule has 114 valence electrons. The summed E-state index contributed by atoms with van der Waals surface area (Å²) in [5, 5.41) is 3.34. The fourth-order valence-corrected chi connectivity index (χ4v) is 3.39. The van der Waals surface area contributed by atoms with Gasteiger partial charge >= 0.3 is 0 Å². The molecule has 21 heavy (non-hydrogen) atoms. The van der Waals surface area contributed by atoms with Crippen LogP contribution in [0.1, 0.15) is 31.4 Å². The highest BCUT2D eigenvalue weighted by Gasteiger charge is 2.37. The number of hydrogen-bond donors (Lipinski definition) is 1. The van der Waals surface area contributed by atoms with Gasteiger partial charge in [-0.25, -0.2) is 0 Å².